The third-order valence-corrected chi connectivity index (χ3v) is 8.87. The minimum Gasteiger partial charge on any atom is -0.492 e. The lowest BCUT2D eigenvalue weighted by molar-refractivity contribution is -0.297. The van der Waals surface area contributed by atoms with E-state index in [-0.39, 0.29) is 32.5 Å². The maximum Gasteiger partial charge on any atom is 0.253 e. The summed E-state index contributed by atoms with van der Waals surface area (Å²) in [6.07, 6.45) is -4.47. The van der Waals surface area contributed by atoms with Crippen LogP contribution >= 0.6 is 0 Å². The van der Waals surface area contributed by atoms with E-state index in [0.717, 1.165) is 0 Å². The molecule has 0 aromatic rings. The molecule has 0 bridgehead atoms. The number of carbonyl (C=O) groups is 1. The molecule has 242 valence electrons. The molecule has 1 saturated heterocycles. The molecule has 15 N–H and O–H groups in total. The lowest BCUT2D eigenvalue weighted by Crippen LogP contribution is -2.69. The molecular formula is C26H48N6O10. The van der Waals surface area contributed by atoms with Crippen molar-refractivity contribution in [2.24, 2.45) is 23.1 Å². The molecule has 0 aromatic carbocycles. The van der Waals surface area contributed by atoms with Gasteiger partial charge in [-0.2, -0.15) is 0 Å². The molecule has 4 rings (SSSR count). The van der Waals surface area contributed by atoms with Crippen molar-refractivity contribution >= 4 is 5.91 Å². The number of aliphatic hydroxyl groups excluding tert-OH is 4. The number of nitrogens with two attached hydrogens (primary N) is 3. The quantitative estimate of drug-likeness (QED) is 0.105. The molecule has 14 atom stereocenters. The molecule has 2 saturated carbocycles. The van der Waals surface area contributed by atoms with Crippen molar-refractivity contribution in [3.63, 3.8) is 0 Å². The fraction of sp³-hybridized carbons (Fsp3) is 0.885. The Hall–Kier alpha value is -1.51. The van der Waals surface area contributed by atoms with Gasteiger partial charge in [-0.15, -0.1) is 0 Å². The van der Waals surface area contributed by atoms with Crippen LogP contribution in [0, 0.1) is 5.92 Å². The number of rotatable bonds is 11. The summed E-state index contributed by atoms with van der Waals surface area (Å²) in [5.41, 5.74) is 15.6. The fourth-order valence-corrected chi connectivity index (χ4v) is 6.22. The number of ether oxygens (including phenoxy) is 3. The topological polar surface area (TPSA) is 280 Å². The van der Waals surface area contributed by atoms with E-state index in [2.05, 4.69) is 16.0 Å². The molecule has 2 aliphatic carbocycles. The Balaban J connectivity index is 1.54. The van der Waals surface area contributed by atoms with E-state index in [1.165, 1.54) is 6.92 Å². The van der Waals surface area contributed by atoms with Crippen LogP contribution in [0.3, 0.4) is 0 Å². The predicted molar refractivity (Wildman–Crippen MR) is 147 cm³/mol. The number of likely N-dealkylation sites (N-methyl/N-ethyl adjacent to an activating group) is 1. The molecule has 1 amide bonds. The van der Waals surface area contributed by atoms with E-state index >= 15 is 0 Å². The van der Waals surface area contributed by atoms with Crippen molar-refractivity contribution < 1.29 is 49.6 Å². The number of hydrogen-bond donors (Lipinski definition) is 12. The average molecular weight is 605 g/mol. The maximum absolute atomic E-state index is 12.9. The number of carbonyl (C=O) groups excluding carboxylic acids is 1. The monoisotopic (exact) mass is 604 g/mol. The number of amides is 1. The van der Waals surface area contributed by atoms with E-state index in [1.807, 2.05) is 0 Å². The molecule has 2 aliphatic heterocycles. The zero-order valence-corrected chi connectivity index (χ0v) is 24.0. The van der Waals surface area contributed by atoms with Crippen LogP contribution < -0.4 is 33.2 Å². The third kappa shape index (κ3) is 6.91. The summed E-state index contributed by atoms with van der Waals surface area (Å²) in [5.74, 6) is -0.978. The van der Waals surface area contributed by atoms with Crippen LogP contribution in [0.15, 0.2) is 11.8 Å². The van der Waals surface area contributed by atoms with Gasteiger partial charge in [0.05, 0.1) is 44.1 Å². The van der Waals surface area contributed by atoms with Crippen molar-refractivity contribution in [1.29, 1.82) is 0 Å². The number of hydrogen-bond acceptors (Lipinski definition) is 15. The molecule has 4 aliphatic rings. The number of aliphatic hydroxyl groups is 6. The van der Waals surface area contributed by atoms with E-state index < -0.39 is 96.7 Å². The Labute approximate surface area is 244 Å². The van der Waals surface area contributed by atoms with Crippen LogP contribution in [0.25, 0.3) is 0 Å². The zero-order chi connectivity index (χ0) is 31.0. The lowest BCUT2D eigenvalue weighted by Gasteiger charge is -2.50. The van der Waals surface area contributed by atoms with E-state index in [0.29, 0.717) is 12.2 Å². The van der Waals surface area contributed by atoms with Crippen LogP contribution in [0.4, 0.5) is 0 Å². The summed E-state index contributed by atoms with van der Waals surface area (Å²) in [6, 6.07) is -3.72. The van der Waals surface area contributed by atoms with Gasteiger partial charge in [-0.05, 0) is 32.9 Å². The van der Waals surface area contributed by atoms with E-state index in [1.54, 1.807) is 13.1 Å². The highest BCUT2D eigenvalue weighted by Crippen LogP contribution is 2.38. The van der Waals surface area contributed by atoms with Gasteiger partial charge in [0.15, 0.2) is 11.9 Å². The smallest absolute Gasteiger partial charge is 0.253 e. The van der Waals surface area contributed by atoms with Crippen LogP contribution in [0.1, 0.15) is 26.2 Å². The maximum atomic E-state index is 12.9. The van der Waals surface area contributed by atoms with Crippen molar-refractivity contribution in [3.8, 4) is 0 Å². The third-order valence-electron chi connectivity index (χ3n) is 8.87. The standard InChI is InChI=1S/C26H48N6O10/c1-25(38)10-40-23(19(36)22(25)30-2)42-21-15(32-24(37)26(39)6-16(26)29)5-14(28)17(18(21)35)20-13(27)4-3-12(41-20)8-31-7-11(34)9-33/h3,11,13-23,30-31,33-36,38-39H,4-10,27-29H2,1-2H3,(H,32,37). The largest absolute Gasteiger partial charge is 0.492 e. The molecule has 2 heterocycles. The Morgan fingerprint density at radius 3 is 2.52 bits per heavy atom. The second-order valence-electron chi connectivity index (χ2n) is 12.3. The van der Waals surface area contributed by atoms with Gasteiger partial charge in [-0.1, -0.05) is 0 Å². The van der Waals surface area contributed by atoms with Crippen molar-refractivity contribution in [2.75, 3.05) is 33.4 Å². The highest BCUT2D eigenvalue weighted by atomic mass is 16.7. The Morgan fingerprint density at radius 1 is 1.21 bits per heavy atom. The van der Waals surface area contributed by atoms with Crippen LogP contribution in [-0.2, 0) is 19.0 Å². The van der Waals surface area contributed by atoms with Gasteiger partial charge in [0.25, 0.3) is 5.91 Å². The van der Waals surface area contributed by atoms with Crippen molar-refractivity contribution in [2.45, 2.75) is 104 Å². The molecule has 14 unspecified atom stereocenters. The molecule has 3 fully saturated rings. The summed E-state index contributed by atoms with van der Waals surface area (Å²) < 4.78 is 18.0. The van der Waals surface area contributed by atoms with E-state index in [9.17, 15) is 30.3 Å². The second-order valence-corrected chi connectivity index (χ2v) is 12.3. The average Bonchev–Trinajstić information content (AvgIpc) is 3.56. The first-order valence-electron chi connectivity index (χ1n) is 14.4. The normalized spacial score (nSPS) is 46.4. The molecule has 0 aromatic heterocycles. The molecular weight excluding hydrogens is 556 g/mol. The first-order valence-corrected chi connectivity index (χ1v) is 14.4. The zero-order valence-electron chi connectivity index (χ0n) is 24.0. The van der Waals surface area contributed by atoms with Gasteiger partial charge >= 0.3 is 0 Å². The first kappa shape index (κ1) is 33.4. The van der Waals surface area contributed by atoms with Crippen molar-refractivity contribution in [1.82, 2.24) is 16.0 Å². The first-order chi connectivity index (χ1) is 19.7. The summed E-state index contributed by atoms with van der Waals surface area (Å²) >= 11 is 0. The molecule has 0 spiro atoms. The minimum atomic E-state index is -1.74. The highest BCUT2D eigenvalue weighted by Gasteiger charge is 2.59. The highest BCUT2D eigenvalue weighted by molar-refractivity contribution is 5.89. The fourth-order valence-electron chi connectivity index (χ4n) is 6.22. The van der Waals surface area contributed by atoms with Crippen LogP contribution in [-0.4, -0.2) is 148 Å². The second kappa shape index (κ2) is 13.2. The van der Waals surface area contributed by atoms with E-state index in [4.69, 9.17) is 36.5 Å². The summed E-state index contributed by atoms with van der Waals surface area (Å²) in [5, 5.41) is 71.1. The molecule has 16 nitrogen and oxygen atoms in total. The number of nitrogens with one attached hydrogen (secondary N) is 3. The molecule has 16 heteroatoms. The van der Waals surface area contributed by atoms with Gasteiger partial charge in [0.2, 0.25) is 0 Å². The summed E-state index contributed by atoms with van der Waals surface area (Å²) in [4.78, 5) is 12.9. The Bertz CT molecular complexity index is 976. The predicted octanol–water partition coefficient (Wildman–Crippen LogP) is -5.97. The van der Waals surface area contributed by atoms with Gasteiger partial charge in [0.1, 0.15) is 29.7 Å². The molecule has 42 heavy (non-hydrogen) atoms. The van der Waals surface area contributed by atoms with Gasteiger partial charge in [-0.3, -0.25) is 4.79 Å². The van der Waals surface area contributed by atoms with Crippen LogP contribution in [0.2, 0.25) is 0 Å². The molecule has 0 radical (unpaired) electrons. The SMILES string of the molecule is CNC1C(O)C(OC2C(NC(=O)C3(O)CC3N)CC(N)C(C3OC(CNCC(O)CO)=CCC3N)C2O)OCC1(C)O. The van der Waals surface area contributed by atoms with Gasteiger partial charge in [-0.25, -0.2) is 0 Å². The van der Waals surface area contributed by atoms with Crippen LogP contribution in [0.5, 0.6) is 0 Å². The lowest BCUT2D eigenvalue weighted by atomic mass is 9.72. The summed E-state index contributed by atoms with van der Waals surface area (Å²) in [6.45, 7) is 1.31. The minimum absolute atomic E-state index is 0.0843. The Kier molecular flexibility index (Phi) is 10.5. The van der Waals surface area contributed by atoms with Crippen molar-refractivity contribution in [3.05, 3.63) is 11.8 Å². The van der Waals surface area contributed by atoms with Gasteiger partial charge in [0, 0.05) is 37.0 Å². The Morgan fingerprint density at radius 2 is 1.90 bits per heavy atom. The van der Waals surface area contributed by atoms with Gasteiger partial charge < -0.3 is 78.0 Å². The summed E-state index contributed by atoms with van der Waals surface area (Å²) in [7, 11) is 1.57.